The Hall–Kier alpha value is -1.45. The van der Waals surface area contributed by atoms with Crippen LogP contribution in [-0.4, -0.2) is 17.4 Å². The number of carbonyl (C=O) groups is 1. The molecule has 2 fully saturated rings. The molecule has 3 rings (SSSR count). The van der Waals surface area contributed by atoms with Crippen LogP contribution in [0.3, 0.4) is 0 Å². The number of hydrogen-bond acceptors (Lipinski definition) is 1. The maximum Gasteiger partial charge on any atom is 0.252 e. The molecule has 0 heterocycles. The highest BCUT2D eigenvalue weighted by Crippen LogP contribution is 2.51. The van der Waals surface area contributed by atoms with Crippen LogP contribution in [0.2, 0.25) is 0 Å². The van der Waals surface area contributed by atoms with Crippen molar-refractivity contribution in [2.24, 2.45) is 5.92 Å². The van der Waals surface area contributed by atoms with Gasteiger partial charge in [0.25, 0.3) is 5.92 Å². The largest absolute Gasteiger partial charge is 0.350 e. The molecule has 2 aliphatic carbocycles. The molecule has 1 atom stereocenters. The predicted octanol–water partition coefficient (Wildman–Crippen LogP) is 3.23. The van der Waals surface area contributed by atoms with Crippen LogP contribution in [0.1, 0.15) is 36.8 Å². The third-order valence-electron chi connectivity index (χ3n) is 4.27. The van der Waals surface area contributed by atoms with E-state index in [1.165, 1.54) is 11.1 Å². The summed E-state index contributed by atoms with van der Waals surface area (Å²) in [6.45, 7) is 2.04. The quantitative estimate of drug-likeness (QED) is 0.881. The molecule has 20 heavy (non-hydrogen) atoms. The smallest absolute Gasteiger partial charge is 0.252 e. The van der Waals surface area contributed by atoms with Gasteiger partial charge in [-0.05, 0) is 31.7 Å². The van der Waals surface area contributed by atoms with E-state index in [1.54, 1.807) is 0 Å². The van der Waals surface area contributed by atoms with Gasteiger partial charge >= 0.3 is 0 Å². The van der Waals surface area contributed by atoms with Crippen LogP contribution in [0, 0.1) is 12.8 Å². The van der Waals surface area contributed by atoms with E-state index in [0.29, 0.717) is 0 Å². The second-order valence-corrected chi connectivity index (χ2v) is 6.36. The number of hydrogen-bond donors (Lipinski definition) is 1. The highest BCUT2D eigenvalue weighted by atomic mass is 19.3. The highest BCUT2D eigenvalue weighted by Gasteiger charge is 2.57. The van der Waals surface area contributed by atoms with Crippen molar-refractivity contribution in [1.82, 2.24) is 5.32 Å². The van der Waals surface area contributed by atoms with E-state index >= 15 is 0 Å². The van der Waals surface area contributed by atoms with E-state index in [2.05, 4.69) is 11.4 Å². The van der Waals surface area contributed by atoms with Crippen LogP contribution in [0.5, 0.6) is 0 Å². The molecule has 4 heteroatoms. The lowest BCUT2D eigenvalue weighted by molar-refractivity contribution is -0.123. The molecular weight excluding hydrogens is 260 g/mol. The molecule has 0 aromatic heterocycles. The highest BCUT2D eigenvalue weighted by molar-refractivity contribution is 5.78. The Morgan fingerprint density at radius 2 is 2.10 bits per heavy atom. The summed E-state index contributed by atoms with van der Waals surface area (Å²) < 4.78 is 25.6. The van der Waals surface area contributed by atoms with Crippen molar-refractivity contribution in [3.63, 3.8) is 0 Å². The monoisotopic (exact) mass is 279 g/mol. The average Bonchev–Trinajstić information content (AvgIpc) is 3.19. The fraction of sp³-hybridized carbons (Fsp3) is 0.562. The Labute approximate surface area is 117 Å². The number of alkyl halides is 2. The molecule has 0 radical (unpaired) electrons. The molecule has 1 N–H and O–H groups in total. The Kier molecular flexibility index (Phi) is 3.07. The molecule has 108 valence electrons. The molecule has 0 aliphatic heterocycles. The molecular formula is C16H19F2NO. The number of benzene rings is 1. The van der Waals surface area contributed by atoms with Crippen LogP contribution in [0.15, 0.2) is 24.3 Å². The van der Waals surface area contributed by atoms with Crippen LogP contribution in [0.25, 0.3) is 0 Å². The minimum atomic E-state index is -2.61. The minimum Gasteiger partial charge on any atom is -0.350 e. The second-order valence-electron chi connectivity index (χ2n) is 6.36. The summed E-state index contributed by atoms with van der Waals surface area (Å²) in [6.07, 6.45) is 2.50. The number of amides is 1. The van der Waals surface area contributed by atoms with Gasteiger partial charge in [-0.15, -0.1) is 0 Å². The van der Waals surface area contributed by atoms with Crippen molar-refractivity contribution in [3.05, 3.63) is 35.4 Å². The van der Waals surface area contributed by atoms with Crippen molar-refractivity contribution in [2.75, 3.05) is 0 Å². The van der Waals surface area contributed by atoms with Gasteiger partial charge in [0, 0.05) is 24.3 Å². The van der Waals surface area contributed by atoms with E-state index in [0.717, 1.165) is 19.3 Å². The molecule has 1 aromatic rings. The molecule has 0 unspecified atom stereocenters. The zero-order valence-electron chi connectivity index (χ0n) is 11.6. The van der Waals surface area contributed by atoms with Crippen molar-refractivity contribution in [1.29, 1.82) is 0 Å². The van der Waals surface area contributed by atoms with Gasteiger partial charge in [-0.2, -0.15) is 0 Å². The van der Waals surface area contributed by atoms with Gasteiger partial charge in [-0.3, -0.25) is 4.79 Å². The van der Waals surface area contributed by atoms with Crippen molar-refractivity contribution >= 4 is 5.91 Å². The summed E-state index contributed by atoms with van der Waals surface area (Å²) in [5.41, 5.74) is 2.21. The Morgan fingerprint density at radius 3 is 2.65 bits per heavy atom. The summed E-state index contributed by atoms with van der Waals surface area (Å²) in [4.78, 5) is 11.8. The summed E-state index contributed by atoms with van der Waals surface area (Å²) >= 11 is 0. The first kappa shape index (κ1) is 13.5. The summed E-state index contributed by atoms with van der Waals surface area (Å²) in [5, 5.41) is 2.97. The van der Waals surface area contributed by atoms with Crippen LogP contribution in [0.4, 0.5) is 8.78 Å². The number of halogens is 2. The molecule has 0 saturated heterocycles. The Morgan fingerprint density at radius 1 is 1.40 bits per heavy atom. The van der Waals surface area contributed by atoms with Gasteiger partial charge < -0.3 is 5.32 Å². The molecule has 2 nitrogen and oxygen atoms in total. The number of aryl methyl sites for hydroxylation is 1. The molecule has 2 aliphatic rings. The fourth-order valence-electron chi connectivity index (χ4n) is 2.77. The lowest BCUT2D eigenvalue weighted by atomic mass is 10.0. The van der Waals surface area contributed by atoms with E-state index in [-0.39, 0.29) is 24.3 Å². The molecule has 0 spiro atoms. The lowest BCUT2D eigenvalue weighted by Crippen LogP contribution is -2.38. The number of carbonyl (C=O) groups excluding carboxylic acids is 1. The van der Waals surface area contributed by atoms with Gasteiger partial charge in [0.2, 0.25) is 5.91 Å². The minimum absolute atomic E-state index is 0.0391. The van der Waals surface area contributed by atoms with Crippen LogP contribution < -0.4 is 5.32 Å². The summed E-state index contributed by atoms with van der Waals surface area (Å²) in [6, 6.07) is 8.21. The third-order valence-corrected chi connectivity index (χ3v) is 4.27. The van der Waals surface area contributed by atoms with Crippen molar-refractivity contribution < 1.29 is 13.6 Å². The molecule has 0 bridgehead atoms. The zero-order valence-corrected chi connectivity index (χ0v) is 11.6. The zero-order chi connectivity index (χ0) is 14.4. The van der Waals surface area contributed by atoms with Crippen LogP contribution >= 0.6 is 0 Å². The van der Waals surface area contributed by atoms with Gasteiger partial charge in [0.05, 0.1) is 0 Å². The summed E-state index contributed by atoms with van der Waals surface area (Å²) in [5.74, 6) is -3.57. The average molecular weight is 279 g/mol. The fourth-order valence-corrected chi connectivity index (χ4v) is 2.77. The van der Waals surface area contributed by atoms with Crippen LogP contribution in [-0.2, 0) is 11.2 Å². The normalized spacial score (nSPS) is 25.1. The summed E-state index contributed by atoms with van der Waals surface area (Å²) in [7, 11) is 0. The maximum atomic E-state index is 12.8. The van der Waals surface area contributed by atoms with Crippen molar-refractivity contribution in [2.45, 2.75) is 50.5 Å². The van der Waals surface area contributed by atoms with E-state index in [9.17, 15) is 13.6 Å². The van der Waals surface area contributed by atoms with Gasteiger partial charge in [0.15, 0.2) is 0 Å². The van der Waals surface area contributed by atoms with Gasteiger partial charge in [-0.1, -0.05) is 29.8 Å². The standard InChI is InChI=1S/C16H19F2NO/c1-11-3-2-4-12(7-11)9-15(5-6-15)19-14(20)8-13-10-16(13,17)18/h2-4,7,13H,5-6,8-10H2,1H3,(H,19,20)/t13-/m0/s1. The maximum absolute atomic E-state index is 12.8. The third kappa shape index (κ3) is 3.00. The SMILES string of the molecule is Cc1cccc(CC2(NC(=O)C[C@H]3CC3(F)F)CC2)c1. The van der Waals surface area contributed by atoms with E-state index in [4.69, 9.17) is 0 Å². The Balaban J connectivity index is 1.55. The lowest BCUT2D eigenvalue weighted by Gasteiger charge is -2.18. The van der Waals surface area contributed by atoms with Gasteiger partial charge in [0.1, 0.15) is 0 Å². The number of rotatable bonds is 5. The second kappa shape index (κ2) is 4.54. The molecule has 2 saturated carbocycles. The van der Waals surface area contributed by atoms with Crippen molar-refractivity contribution in [3.8, 4) is 0 Å². The number of nitrogens with one attached hydrogen (secondary N) is 1. The first-order valence-electron chi connectivity index (χ1n) is 7.13. The Bertz CT molecular complexity index is 537. The van der Waals surface area contributed by atoms with E-state index in [1.807, 2.05) is 25.1 Å². The molecule has 1 aromatic carbocycles. The topological polar surface area (TPSA) is 29.1 Å². The molecule has 1 amide bonds. The van der Waals surface area contributed by atoms with Gasteiger partial charge in [-0.25, -0.2) is 8.78 Å². The van der Waals surface area contributed by atoms with E-state index < -0.39 is 11.8 Å². The predicted molar refractivity (Wildman–Crippen MR) is 72.7 cm³/mol. The first-order valence-corrected chi connectivity index (χ1v) is 7.13. The first-order chi connectivity index (χ1) is 9.39.